The molecule has 4 aromatic rings. The van der Waals surface area contributed by atoms with Crippen LogP contribution in [0.2, 0.25) is 10.0 Å². The van der Waals surface area contributed by atoms with E-state index in [1.807, 2.05) is 54.6 Å². The summed E-state index contributed by atoms with van der Waals surface area (Å²) in [6, 6.07) is 24.1. The molecule has 1 aromatic heterocycles. The van der Waals surface area contributed by atoms with Crippen molar-refractivity contribution in [2.45, 2.75) is 19.6 Å². The highest BCUT2D eigenvalue weighted by Crippen LogP contribution is 2.23. The fraction of sp³-hybridized carbons (Fsp3) is 0.136. The van der Waals surface area contributed by atoms with Crippen LogP contribution in [0.1, 0.15) is 17.0 Å². The van der Waals surface area contributed by atoms with Crippen LogP contribution in [-0.2, 0) is 19.6 Å². The second kappa shape index (κ2) is 8.13. The van der Waals surface area contributed by atoms with Gasteiger partial charge >= 0.3 is 0 Å². The van der Waals surface area contributed by atoms with Gasteiger partial charge in [-0.25, -0.2) is 4.98 Å². The van der Waals surface area contributed by atoms with Crippen LogP contribution in [0.4, 0.5) is 0 Å². The van der Waals surface area contributed by atoms with E-state index in [1.54, 1.807) is 0 Å². The molecule has 0 fully saturated rings. The molecule has 0 aliphatic rings. The molecule has 4 rings (SSSR count). The molecule has 0 unspecified atom stereocenters. The van der Waals surface area contributed by atoms with Gasteiger partial charge in [0.15, 0.2) is 0 Å². The highest BCUT2D eigenvalue weighted by Gasteiger charge is 2.12. The van der Waals surface area contributed by atoms with Crippen molar-refractivity contribution >= 4 is 34.2 Å². The third-order valence-electron chi connectivity index (χ3n) is 4.47. The third-order valence-corrected chi connectivity index (χ3v) is 4.94. The monoisotopic (exact) mass is 395 g/mol. The van der Waals surface area contributed by atoms with Crippen LogP contribution in [0.5, 0.6) is 0 Å². The molecule has 1 N–H and O–H groups in total. The van der Waals surface area contributed by atoms with Gasteiger partial charge in [-0.2, -0.15) is 0 Å². The Hall–Kier alpha value is -2.33. The van der Waals surface area contributed by atoms with Gasteiger partial charge in [0, 0.05) is 23.1 Å². The fourth-order valence-corrected chi connectivity index (χ4v) is 3.57. The number of imidazole rings is 1. The van der Waals surface area contributed by atoms with Crippen molar-refractivity contribution in [1.29, 1.82) is 0 Å². The zero-order chi connectivity index (χ0) is 18.6. The van der Waals surface area contributed by atoms with Crippen LogP contribution in [-0.4, -0.2) is 9.55 Å². The molecule has 5 heteroatoms. The Morgan fingerprint density at radius 2 is 1.56 bits per heavy atom. The largest absolute Gasteiger partial charge is 0.322 e. The lowest BCUT2D eigenvalue weighted by atomic mass is 10.2. The predicted molar refractivity (Wildman–Crippen MR) is 112 cm³/mol. The Bertz CT molecular complexity index is 1060. The van der Waals surface area contributed by atoms with Gasteiger partial charge in [0.25, 0.3) is 0 Å². The van der Waals surface area contributed by atoms with Gasteiger partial charge in [0.05, 0.1) is 17.6 Å². The third kappa shape index (κ3) is 4.33. The van der Waals surface area contributed by atoms with Gasteiger partial charge in [-0.15, -0.1) is 0 Å². The van der Waals surface area contributed by atoms with E-state index in [2.05, 4.69) is 28.1 Å². The maximum atomic E-state index is 6.23. The van der Waals surface area contributed by atoms with Crippen molar-refractivity contribution in [2.24, 2.45) is 0 Å². The van der Waals surface area contributed by atoms with Crippen molar-refractivity contribution in [3.63, 3.8) is 0 Å². The van der Waals surface area contributed by atoms with Crippen molar-refractivity contribution in [1.82, 2.24) is 14.9 Å². The zero-order valence-corrected chi connectivity index (χ0v) is 16.2. The minimum Gasteiger partial charge on any atom is -0.322 e. The molecule has 0 saturated carbocycles. The minimum atomic E-state index is 0.668. The maximum absolute atomic E-state index is 6.23. The van der Waals surface area contributed by atoms with Gasteiger partial charge in [-0.3, -0.25) is 0 Å². The van der Waals surface area contributed by atoms with E-state index in [1.165, 1.54) is 5.56 Å². The number of fused-ring (bicyclic) bond motifs is 1. The Balaban J connectivity index is 1.62. The van der Waals surface area contributed by atoms with E-state index in [4.69, 9.17) is 28.2 Å². The summed E-state index contributed by atoms with van der Waals surface area (Å²) in [5.74, 6) is 0.975. The first-order valence-corrected chi connectivity index (χ1v) is 9.58. The van der Waals surface area contributed by atoms with E-state index in [-0.39, 0.29) is 0 Å². The fourth-order valence-electron chi connectivity index (χ4n) is 3.19. The van der Waals surface area contributed by atoms with E-state index >= 15 is 0 Å². The molecule has 0 aliphatic carbocycles. The number of nitrogens with one attached hydrogen (secondary N) is 1. The van der Waals surface area contributed by atoms with Crippen molar-refractivity contribution in [3.8, 4) is 0 Å². The molecule has 1 heterocycles. The second-order valence-corrected chi connectivity index (χ2v) is 7.34. The first-order chi connectivity index (χ1) is 13.2. The minimum absolute atomic E-state index is 0.668. The van der Waals surface area contributed by atoms with Crippen molar-refractivity contribution in [3.05, 3.63) is 99.8 Å². The Kier molecular flexibility index (Phi) is 5.44. The van der Waals surface area contributed by atoms with E-state index in [9.17, 15) is 0 Å². The number of benzene rings is 3. The lowest BCUT2D eigenvalue weighted by Gasteiger charge is -2.11. The van der Waals surface area contributed by atoms with Crippen molar-refractivity contribution in [2.75, 3.05) is 0 Å². The smallest absolute Gasteiger partial charge is 0.124 e. The predicted octanol–water partition coefficient (Wildman–Crippen LogP) is 5.68. The topological polar surface area (TPSA) is 29.9 Å². The summed E-state index contributed by atoms with van der Waals surface area (Å²) in [5.41, 5.74) is 4.35. The van der Waals surface area contributed by atoms with Crippen LogP contribution in [0.25, 0.3) is 11.0 Å². The lowest BCUT2D eigenvalue weighted by Crippen LogP contribution is -2.17. The van der Waals surface area contributed by atoms with Crippen LogP contribution in [0.3, 0.4) is 0 Å². The molecule has 0 bridgehead atoms. The SMILES string of the molecule is Clc1cccc(Cn2c(CNCc3ccccc3)nc3ccc(Cl)cc32)c1. The molecule has 0 atom stereocenters. The molecule has 136 valence electrons. The van der Waals surface area contributed by atoms with Gasteiger partial charge in [0.2, 0.25) is 0 Å². The number of hydrogen-bond donors (Lipinski definition) is 1. The Morgan fingerprint density at radius 3 is 2.37 bits per heavy atom. The summed E-state index contributed by atoms with van der Waals surface area (Å²) in [4.78, 5) is 4.81. The molecule has 0 radical (unpaired) electrons. The number of rotatable bonds is 6. The summed E-state index contributed by atoms with van der Waals surface area (Å²) in [6.45, 7) is 2.16. The molecule has 0 spiro atoms. The summed E-state index contributed by atoms with van der Waals surface area (Å²) in [7, 11) is 0. The second-order valence-electron chi connectivity index (χ2n) is 6.47. The molecule has 27 heavy (non-hydrogen) atoms. The van der Waals surface area contributed by atoms with Crippen LogP contribution in [0.15, 0.2) is 72.8 Å². The summed E-state index contributed by atoms with van der Waals surface area (Å²) >= 11 is 12.4. The molecule has 0 amide bonds. The molecule has 0 aliphatic heterocycles. The summed E-state index contributed by atoms with van der Waals surface area (Å²) in [6.07, 6.45) is 0. The van der Waals surface area contributed by atoms with Crippen LogP contribution >= 0.6 is 23.2 Å². The van der Waals surface area contributed by atoms with Gasteiger partial charge in [-0.1, -0.05) is 65.7 Å². The number of nitrogens with zero attached hydrogens (tertiary/aromatic N) is 2. The first kappa shape index (κ1) is 18.1. The zero-order valence-electron chi connectivity index (χ0n) is 14.7. The normalized spacial score (nSPS) is 11.2. The number of aromatic nitrogens is 2. The molecular formula is C22H19Cl2N3. The summed E-state index contributed by atoms with van der Waals surface area (Å²) in [5, 5.41) is 4.93. The lowest BCUT2D eigenvalue weighted by molar-refractivity contribution is 0.628. The Morgan fingerprint density at radius 1 is 0.778 bits per heavy atom. The number of hydrogen-bond acceptors (Lipinski definition) is 2. The van der Waals surface area contributed by atoms with E-state index < -0.39 is 0 Å². The summed E-state index contributed by atoms with van der Waals surface area (Å²) < 4.78 is 2.20. The van der Waals surface area contributed by atoms with Gasteiger partial charge in [-0.05, 0) is 41.5 Å². The maximum Gasteiger partial charge on any atom is 0.124 e. The standard InChI is InChI=1S/C22H19Cl2N3/c23-18-8-4-7-17(11-18)15-27-21-12-19(24)9-10-20(21)26-22(27)14-25-13-16-5-2-1-3-6-16/h1-12,25H,13-15H2. The quantitative estimate of drug-likeness (QED) is 0.454. The van der Waals surface area contributed by atoms with Gasteiger partial charge < -0.3 is 9.88 Å². The average molecular weight is 396 g/mol. The molecule has 0 saturated heterocycles. The van der Waals surface area contributed by atoms with Gasteiger partial charge in [0.1, 0.15) is 5.82 Å². The first-order valence-electron chi connectivity index (χ1n) is 8.83. The van der Waals surface area contributed by atoms with Crippen molar-refractivity contribution < 1.29 is 0 Å². The number of halogens is 2. The van der Waals surface area contributed by atoms with E-state index in [0.717, 1.165) is 34.0 Å². The molecular weight excluding hydrogens is 377 g/mol. The highest BCUT2D eigenvalue weighted by molar-refractivity contribution is 6.31. The molecule has 3 aromatic carbocycles. The Labute approximate surface area is 168 Å². The average Bonchev–Trinajstić information content (AvgIpc) is 3.00. The van der Waals surface area contributed by atoms with Crippen LogP contribution < -0.4 is 5.32 Å². The highest BCUT2D eigenvalue weighted by atomic mass is 35.5. The van der Waals surface area contributed by atoms with Crippen LogP contribution in [0, 0.1) is 0 Å². The molecule has 3 nitrogen and oxygen atoms in total. The van der Waals surface area contributed by atoms with E-state index in [0.29, 0.717) is 18.1 Å².